The van der Waals surface area contributed by atoms with Gasteiger partial charge in [-0.05, 0) is 29.9 Å². The average molecular weight is 474 g/mol. The van der Waals surface area contributed by atoms with Gasteiger partial charge in [0.2, 0.25) is 0 Å². The van der Waals surface area contributed by atoms with Gasteiger partial charge in [0.25, 0.3) is 0 Å². The zero-order chi connectivity index (χ0) is 17.9. The maximum absolute atomic E-state index is 5.59. The number of guanidine groups is 1. The van der Waals surface area contributed by atoms with E-state index in [9.17, 15) is 0 Å². The third kappa shape index (κ3) is 8.68. The molecule has 1 heterocycles. The summed E-state index contributed by atoms with van der Waals surface area (Å²) in [6.07, 6.45) is 2.15. The summed E-state index contributed by atoms with van der Waals surface area (Å²) in [5.74, 6) is 1.48. The first-order chi connectivity index (χ1) is 12.2. The minimum absolute atomic E-state index is 0. The smallest absolute Gasteiger partial charge is 0.191 e. The molecule has 0 atom stereocenters. The molecule has 2 N–H and O–H groups in total. The quantitative estimate of drug-likeness (QED) is 0.250. The number of hydrogen-bond donors (Lipinski definition) is 2. The van der Waals surface area contributed by atoms with Gasteiger partial charge in [0.1, 0.15) is 0 Å². The van der Waals surface area contributed by atoms with E-state index in [0.717, 1.165) is 64.7 Å². The lowest BCUT2D eigenvalue weighted by molar-refractivity contribution is 0.108. The predicted octanol–water partition coefficient (Wildman–Crippen LogP) is 2.89. The van der Waals surface area contributed by atoms with Crippen LogP contribution in [-0.4, -0.2) is 57.3 Å². The SMILES string of the molecule is CN=C(NCCCOCC(C)C)NCCN1CCc2ccccc2C1.I. The molecule has 1 aliphatic heterocycles. The summed E-state index contributed by atoms with van der Waals surface area (Å²) in [7, 11) is 1.82. The van der Waals surface area contributed by atoms with Crippen LogP contribution in [0, 0.1) is 5.92 Å². The number of benzene rings is 1. The molecule has 1 aromatic rings. The number of nitrogens with one attached hydrogen (secondary N) is 2. The Bertz CT molecular complexity index is 536. The Morgan fingerprint density at radius 1 is 1.19 bits per heavy atom. The lowest BCUT2D eigenvalue weighted by atomic mass is 10.00. The topological polar surface area (TPSA) is 48.9 Å². The molecule has 1 aliphatic rings. The highest BCUT2D eigenvalue weighted by Gasteiger charge is 2.14. The van der Waals surface area contributed by atoms with Gasteiger partial charge in [0, 0.05) is 53.0 Å². The number of nitrogens with zero attached hydrogens (tertiary/aromatic N) is 2. The van der Waals surface area contributed by atoms with Gasteiger partial charge in [-0.1, -0.05) is 38.1 Å². The van der Waals surface area contributed by atoms with Crippen molar-refractivity contribution in [3.05, 3.63) is 35.4 Å². The van der Waals surface area contributed by atoms with Gasteiger partial charge in [-0.2, -0.15) is 0 Å². The van der Waals surface area contributed by atoms with E-state index in [1.807, 2.05) is 7.05 Å². The minimum atomic E-state index is 0. The summed E-state index contributed by atoms with van der Waals surface area (Å²) < 4.78 is 5.59. The maximum atomic E-state index is 5.59. The summed E-state index contributed by atoms with van der Waals surface area (Å²) >= 11 is 0. The molecule has 1 aromatic carbocycles. The van der Waals surface area contributed by atoms with Gasteiger partial charge in [0.15, 0.2) is 5.96 Å². The molecular formula is C20H35IN4O. The third-order valence-corrected chi connectivity index (χ3v) is 4.36. The molecule has 0 unspecified atom stereocenters. The Labute approximate surface area is 176 Å². The third-order valence-electron chi connectivity index (χ3n) is 4.36. The molecule has 0 fully saturated rings. The molecule has 5 nitrogen and oxygen atoms in total. The first kappa shape index (κ1) is 23.2. The van der Waals surface area contributed by atoms with Crippen molar-refractivity contribution in [3.63, 3.8) is 0 Å². The van der Waals surface area contributed by atoms with E-state index in [1.54, 1.807) is 0 Å². The highest BCUT2D eigenvalue weighted by Crippen LogP contribution is 2.17. The summed E-state index contributed by atoms with van der Waals surface area (Å²) in [6, 6.07) is 8.77. The van der Waals surface area contributed by atoms with Crippen molar-refractivity contribution in [1.82, 2.24) is 15.5 Å². The fourth-order valence-electron chi connectivity index (χ4n) is 3.00. The van der Waals surface area contributed by atoms with Crippen LogP contribution >= 0.6 is 24.0 Å². The molecule has 6 heteroatoms. The van der Waals surface area contributed by atoms with E-state index in [4.69, 9.17) is 4.74 Å². The van der Waals surface area contributed by atoms with Crippen molar-refractivity contribution in [3.8, 4) is 0 Å². The molecule has 0 saturated carbocycles. The van der Waals surface area contributed by atoms with Crippen LogP contribution in [0.15, 0.2) is 29.3 Å². The molecule has 0 aliphatic carbocycles. The largest absolute Gasteiger partial charge is 0.381 e. The Hall–Kier alpha value is -0.860. The van der Waals surface area contributed by atoms with Gasteiger partial charge in [-0.25, -0.2) is 0 Å². The number of fused-ring (bicyclic) bond motifs is 1. The van der Waals surface area contributed by atoms with Gasteiger partial charge in [-0.15, -0.1) is 24.0 Å². The van der Waals surface area contributed by atoms with Crippen LogP contribution in [-0.2, 0) is 17.7 Å². The molecule has 2 rings (SSSR count). The highest BCUT2D eigenvalue weighted by atomic mass is 127. The summed E-state index contributed by atoms with van der Waals surface area (Å²) in [5, 5.41) is 6.76. The van der Waals surface area contributed by atoms with Crippen LogP contribution in [0.1, 0.15) is 31.4 Å². The van der Waals surface area contributed by atoms with Crippen LogP contribution < -0.4 is 10.6 Å². The summed E-state index contributed by atoms with van der Waals surface area (Å²) in [6.45, 7) is 11.0. The number of aliphatic imine (C=N–C) groups is 1. The molecule has 0 bridgehead atoms. The molecule has 148 valence electrons. The average Bonchev–Trinajstić information content (AvgIpc) is 2.62. The lowest BCUT2D eigenvalue weighted by Gasteiger charge is -2.28. The van der Waals surface area contributed by atoms with E-state index >= 15 is 0 Å². The van der Waals surface area contributed by atoms with E-state index in [1.165, 1.54) is 11.1 Å². The zero-order valence-corrected chi connectivity index (χ0v) is 18.8. The number of hydrogen-bond acceptors (Lipinski definition) is 3. The van der Waals surface area contributed by atoms with Crippen molar-refractivity contribution in [1.29, 1.82) is 0 Å². The van der Waals surface area contributed by atoms with E-state index in [2.05, 4.69) is 58.6 Å². The second kappa shape index (κ2) is 13.3. The van der Waals surface area contributed by atoms with E-state index in [0.29, 0.717) is 5.92 Å². The first-order valence-corrected chi connectivity index (χ1v) is 9.50. The normalized spacial score (nSPS) is 14.7. The van der Waals surface area contributed by atoms with Crippen molar-refractivity contribution in [2.45, 2.75) is 33.2 Å². The van der Waals surface area contributed by atoms with Gasteiger partial charge in [-0.3, -0.25) is 9.89 Å². The Balaban J connectivity index is 0.00000338. The molecule has 0 aromatic heterocycles. The maximum Gasteiger partial charge on any atom is 0.191 e. The Kier molecular flexibility index (Phi) is 11.9. The van der Waals surface area contributed by atoms with Crippen LogP contribution in [0.4, 0.5) is 0 Å². The van der Waals surface area contributed by atoms with Crippen LogP contribution in [0.3, 0.4) is 0 Å². The van der Waals surface area contributed by atoms with Gasteiger partial charge < -0.3 is 15.4 Å². The Morgan fingerprint density at radius 2 is 1.92 bits per heavy atom. The van der Waals surface area contributed by atoms with Crippen LogP contribution in [0.5, 0.6) is 0 Å². The standard InChI is InChI=1S/C20H34N4O.HI/c1-17(2)16-25-14-6-10-22-20(21-3)23-11-13-24-12-9-18-7-4-5-8-19(18)15-24;/h4-5,7-8,17H,6,9-16H2,1-3H3,(H2,21,22,23);1H. The minimum Gasteiger partial charge on any atom is -0.381 e. The molecule has 0 amide bonds. The zero-order valence-electron chi connectivity index (χ0n) is 16.5. The van der Waals surface area contributed by atoms with Crippen molar-refractivity contribution < 1.29 is 4.74 Å². The fourth-order valence-corrected chi connectivity index (χ4v) is 3.00. The molecular weight excluding hydrogens is 439 g/mol. The number of rotatable bonds is 9. The lowest BCUT2D eigenvalue weighted by Crippen LogP contribution is -2.43. The molecule has 0 saturated heterocycles. The van der Waals surface area contributed by atoms with Crippen molar-refractivity contribution in [2.75, 3.05) is 46.4 Å². The number of ether oxygens (including phenoxy) is 1. The summed E-state index contributed by atoms with van der Waals surface area (Å²) in [5.41, 5.74) is 2.97. The van der Waals surface area contributed by atoms with Crippen molar-refractivity contribution in [2.24, 2.45) is 10.9 Å². The number of halogens is 1. The second-order valence-corrected chi connectivity index (χ2v) is 7.04. The highest BCUT2D eigenvalue weighted by molar-refractivity contribution is 14.0. The second-order valence-electron chi connectivity index (χ2n) is 7.04. The van der Waals surface area contributed by atoms with Crippen LogP contribution in [0.2, 0.25) is 0 Å². The van der Waals surface area contributed by atoms with E-state index in [-0.39, 0.29) is 24.0 Å². The van der Waals surface area contributed by atoms with Crippen molar-refractivity contribution >= 4 is 29.9 Å². The molecule has 26 heavy (non-hydrogen) atoms. The monoisotopic (exact) mass is 474 g/mol. The Morgan fingerprint density at radius 3 is 2.65 bits per heavy atom. The fraction of sp³-hybridized carbons (Fsp3) is 0.650. The van der Waals surface area contributed by atoms with Gasteiger partial charge in [0.05, 0.1) is 0 Å². The first-order valence-electron chi connectivity index (χ1n) is 9.50. The molecule has 0 radical (unpaired) electrons. The van der Waals surface area contributed by atoms with Crippen LogP contribution in [0.25, 0.3) is 0 Å². The predicted molar refractivity (Wildman–Crippen MR) is 120 cm³/mol. The van der Waals surface area contributed by atoms with Gasteiger partial charge >= 0.3 is 0 Å². The van der Waals surface area contributed by atoms with E-state index < -0.39 is 0 Å². The molecule has 0 spiro atoms. The summed E-state index contributed by atoms with van der Waals surface area (Å²) in [4.78, 5) is 6.79.